The van der Waals surface area contributed by atoms with Crippen LogP contribution in [-0.4, -0.2) is 48.3 Å². The van der Waals surface area contributed by atoms with Crippen LogP contribution in [0.25, 0.3) is 10.9 Å². The van der Waals surface area contributed by atoms with Crippen molar-refractivity contribution < 1.29 is 14.3 Å². The van der Waals surface area contributed by atoms with Gasteiger partial charge in [-0.2, -0.15) is 0 Å². The summed E-state index contributed by atoms with van der Waals surface area (Å²) in [4.78, 5) is 15.2. The average molecular weight is 378 g/mol. The number of nitrogens with zero attached hydrogens (tertiary/aromatic N) is 2. The SMILES string of the molecule is CCOc1cccc2c1cc(C(=O)N1CCOCC1)n2Cc1ccccc1C. The molecule has 1 aromatic heterocycles. The number of carbonyl (C=O) groups excluding carboxylic acids is 1. The third kappa shape index (κ3) is 3.50. The van der Waals surface area contributed by atoms with Gasteiger partial charge >= 0.3 is 0 Å². The number of hydrogen-bond acceptors (Lipinski definition) is 3. The fraction of sp³-hybridized carbons (Fsp3) is 0.348. The Labute approximate surface area is 165 Å². The Morgan fingerprint density at radius 3 is 2.64 bits per heavy atom. The Morgan fingerprint density at radius 2 is 1.89 bits per heavy atom. The zero-order valence-electron chi connectivity index (χ0n) is 16.5. The molecule has 0 atom stereocenters. The van der Waals surface area contributed by atoms with Gasteiger partial charge in [-0.15, -0.1) is 0 Å². The quantitative estimate of drug-likeness (QED) is 0.677. The van der Waals surface area contributed by atoms with E-state index in [0.29, 0.717) is 45.1 Å². The highest BCUT2D eigenvalue weighted by Gasteiger charge is 2.24. The number of aromatic nitrogens is 1. The van der Waals surface area contributed by atoms with Gasteiger partial charge < -0.3 is 18.9 Å². The molecule has 0 aliphatic carbocycles. The maximum absolute atomic E-state index is 13.3. The minimum absolute atomic E-state index is 0.0514. The first-order valence-electron chi connectivity index (χ1n) is 9.85. The highest BCUT2D eigenvalue weighted by Crippen LogP contribution is 2.31. The second-order valence-corrected chi connectivity index (χ2v) is 7.07. The van der Waals surface area contributed by atoms with Crippen LogP contribution in [0.5, 0.6) is 5.75 Å². The second-order valence-electron chi connectivity index (χ2n) is 7.07. The van der Waals surface area contributed by atoms with E-state index >= 15 is 0 Å². The van der Waals surface area contributed by atoms with Gasteiger partial charge in [-0.05, 0) is 43.2 Å². The summed E-state index contributed by atoms with van der Waals surface area (Å²) in [5.41, 5.74) is 4.14. The molecule has 1 amide bonds. The Hall–Kier alpha value is -2.79. The van der Waals surface area contributed by atoms with Crippen LogP contribution in [0, 0.1) is 6.92 Å². The van der Waals surface area contributed by atoms with Gasteiger partial charge in [0.1, 0.15) is 11.4 Å². The number of benzene rings is 2. The number of aryl methyl sites for hydroxylation is 1. The molecule has 0 bridgehead atoms. The van der Waals surface area contributed by atoms with Gasteiger partial charge in [-0.1, -0.05) is 30.3 Å². The van der Waals surface area contributed by atoms with E-state index < -0.39 is 0 Å². The molecule has 2 aromatic carbocycles. The molecule has 1 aliphatic heterocycles. The van der Waals surface area contributed by atoms with Gasteiger partial charge in [-0.25, -0.2) is 0 Å². The van der Waals surface area contributed by atoms with Crippen molar-refractivity contribution in [3.63, 3.8) is 0 Å². The van der Waals surface area contributed by atoms with Crippen molar-refractivity contribution in [2.75, 3.05) is 32.9 Å². The molecule has 5 nitrogen and oxygen atoms in total. The molecule has 1 saturated heterocycles. The summed E-state index contributed by atoms with van der Waals surface area (Å²) < 4.78 is 13.4. The first kappa shape index (κ1) is 18.6. The molecule has 0 saturated carbocycles. The molecule has 146 valence electrons. The van der Waals surface area contributed by atoms with E-state index in [1.807, 2.05) is 42.2 Å². The zero-order valence-corrected chi connectivity index (χ0v) is 16.5. The standard InChI is InChI=1S/C23H26N2O3/c1-3-28-22-10-6-9-20-19(22)15-21(23(26)24-11-13-27-14-12-24)25(20)16-18-8-5-4-7-17(18)2/h4-10,15H,3,11-14,16H2,1-2H3. The van der Waals surface area contributed by atoms with Crippen LogP contribution in [-0.2, 0) is 11.3 Å². The third-order valence-electron chi connectivity index (χ3n) is 5.31. The van der Waals surface area contributed by atoms with Gasteiger partial charge in [0.15, 0.2) is 0 Å². The molecule has 4 rings (SSSR count). The summed E-state index contributed by atoms with van der Waals surface area (Å²) in [5.74, 6) is 0.870. The molecule has 5 heteroatoms. The van der Waals surface area contributed by atoms with E-state index in [0.717, 1.165) is 16.7 Å². The Kier molecular flexibility index (Phi) is 5.35. The zero-order chi connectivity index (χ0) is 19.5. The Bertz CT molecular complexity index is 987. The van der Waals surface area contributed by atoms with Crippen molar-refractivity contribution in [2.45, 2.75) is 20.4 Å². The topological polar surface area (TPSA) is 43.7 Å². The van der Waals surface area contributed by atoms with Gasteiger partial charge in [-0.3, -0.25) is 4.79 Å². The minimum Gasteiger partial charge on any atom is -0.493 e. The lowest BCUT2D eigenvalue weighted by Gasteiger charge is -2.27. The monoisotopic (exact) mass is 378 g/mol. The maximum Gasteiger partial charge on any atom is 0.270 e. The maximum atomic E-state index is 13.3. The first-order chi connectivity index (χ1) is 13.7. The lowest BCUT2D eigenvalue weighted by Crippen LogP contribution is -2.41. The number of amides is 1. The van der Waals surface area contributed by atoms with Crippen molar-refractivity contribution in [3.8, 4) is 5.75 Å². The number of carbonyl (C=O) groups is 1. The molecule has 28 heavy (non-hydrogen) atoms. The van der Waals surface area contributed by atoms with Crippen LogP contribution in [0.4, 0.5) is 0 Å². The number of rotatable bonds is 5. The van der Waals surface area contributed by atoms with Crippen molar-refractivity contribution >= 4 is 16.8 Å². The van der Waals surface area contributed by atoms with Crippen LogP contribution in [0.2, 0.25) is 0 Å². The smallest absolute Gasteiger partial charge is 0.270 e. The fourth-order valence-corrected chi connectivity index (χ4v) is 3.77. The molecule has 0 spiro atoms. The summed E-state index contributed by atoms with van der Waals surface area (Å²) in [5, 5.41) is 0.981. The van der Waals surface area contributed by atoms with Crippen molar-refractivity contribution in [3.05, 3.63) is 65.4 Å². The van der Waals surface area contributed by atoms with E-state index in [1.165, 1.54) is 11.1 Å². The van der Waals surface area contributed by atoms with Crippen LogP contribution in [0.1, 0.15) is 28.5 Å². The lowest BCUT2D eigenvalue weighted by atomic mass is 10.1. The molecule has 2 heterocycles. The summed E-state index contributed by atoms with van der Waals surface area (Å²) in [6.45, 7) is 7.76. The third-order valence-corrected chi connectivity index (χ3v) is 5.31. The van der Waals surface area contributed by atoms with Gasteiger partial charge in [0, 0.05) is 25.0 Å². The second kappa shape index (κ2) is 8.07. The molecule has 0 radical (unpaired) electrons. The summed E-state index contributed by atoms with van der Waals surface area (Å²) >= 11 is 0. The first-order valence-corrected chi connectivity index (χ1v) is 9.85. The highest BCUT2D eigenvalue weighted by molar-refractivity contribution is 6.00. The van der Waals surface area contributed by atoms with Crippen LogP contribution >= 0.6 is 0 Å². The summed E-state index contributed by atoms with van der Waals surface area (Å²) in [6, 6.07) is 16.3. The normalized spacial score (nSPS) is 14.4. The van der Waals surface area contributed by atoms with E-state index in [2.05, 4.69) is 29.7 Å². The number of fused-ring (bicyclic) bond motifs is 1. The van der Waals surface area contributed by atoms with E-state index in [4.69, 9.17) is 9.47 Å². The summed E-state index contributed by atoms with van der Waals surface area (Å²) in [6.07, 6.45) is 0. The van der Waals surface area contributed by atoms with E-state index in [-0.39, 0.29) is 5.91 Å². The van der Waals surface area contributed by atoms with E-state index in [9.17, 15) is 4.79 Å². The lowest BCUT2D eigenvalue weighted by molar-refractivity contribution is 0.0296. The largest absolute Gasteiger partial charge is 0.493 e. The fourth-order valence-electron chi connectivity index (χ4n) is 3.77. The predicted octanol–water partition coefficient (Wildman–Crippen LogP) is 3.87. The number of hydrogen-bond donors (Lipinski definition) is 0. The Balaban J connectivity index is 1.83. The van der Waals surface area contributed by atoms with Gasteiger partial charge in [0.25, 0.3) is 5.91 Å². The minimum atomic E-state index is 0.0514. The Morgan fingerprint density at radius 1 is 1.11 bits per heavy atom. The van der Waals surface area contributed by atoms with Crippen molar-refractivity contribution in [1.29, 1.82) is 0 Å². The molecular formula is C23H26N2O3. The highest BCUT2D eigenvalue weighted by atomic mass is 16.5. The molecule has 0 unspecified atom stereocenters. The number of morpholine rings is 1. The molecule has 1 aliphatic rings. The van der Waals surface area contributed by atoms with E-state index in [1.54, 1.807) is 0 Å². The van der Waals surface area contributed by atoms with Crippen LogP contribution in [0.15, 0.2) is 48.5 Å². The van der Waals surface area contributed by atoms with Gasteiger partial charge in [0.2, 0.25) is 0 Å². The number of ether oxygens (including phenoxy) is 2. The van der Waals surface area contributed by atoms with Crippen molar-refractivity contribution in [1.82, 2.24) is 9.47 Å². The molecule has 3 aromatic rings. The predicted molar refractivity (Wildman–Crippen MR) is 110 cm³/mol. The average Bonchev–Trinajstić information content (AvgIpc) is 3.09. The van der Waals surface area contributed by atoms with Crippen LogP contribution < -0.4 is 4.74 Å². The summed E-state index contributed by atoms with van der Waals surface area (Å²) in [7, 11) is 0. The van der Waals surface area contributed by atoms with Crippen molar-refractivity contribution in [2.24, 2.45) is 0 Å². The van der Waals surface area contributed by atoms with Gasteiger partial charge in [0.05, 0.1) is 25.3 Å². The molecular weight excluding hydrogens is 352 g/mol. The van der Waals surface area contributed by atoms with Crippen LogP contribution in [0.3, 0.4) is 0 Å². The molecule has 0 N–H and O–H groups in total. The molecule has 1 fully saturated rings.